The lowest BCUT2D eigenvalue weighted by Crippen LogP contribution is -2.00. The van der Waals surface area contributed by atoms with Crippen LogP contribution in [0.4, 0.5) is 10.8 Å². The van der Waals surface area contributed by atoms with Crippen molar-refractivity contribution in [3.8, 4) is 11.4 Å². The SMILES string of the molecule is Bc1ccc(Nc2nc(-c3c(C)nc4sccn34)cs2)cc1. The summed E-state index contributed by atoms with van der Waals surface area (Å²) in [5.74, 6) is 0. The molecule has 3 aromatic heterocycles. The fraction of sp³-hybridized carbons (Fsp3) is 0.0667. The van der Waals surface area contributed by atoms with Crippen molar-refractivity contribution in [3.63, 3.8) is 0 Å². The normalized spacial score (nSPS) is 11.1. The molecule has 1 aromatic carbocycles. The number of nitrogens with one attached hydrogen (secondary N) is 1. The largest absolute Gasteiger partial charge is 0.332 e. The van der Waals surface area contributed by atoms with Crippen LogP contribution in [0.2, 0.25) is 0 Å². The molecule has 0 fully saturated rings. The van der Waals surface area contributed by atoms with Crippen LogP contribution in [0.5, 0.6) is 0 Å². The second-order valence-electron chi connectivity index (χ2n) is 5.13. The van der Waals surface area contributed by atoms with Crippen LogP contribution in [-0.4, -0.2) is 22.2 Å². The molecule has 0 aliphatic rings. The Hall–Kier alpha value is -2.12. The zero-order valence-corrected chi connectivity index (χ0v) is 13.8. The number of fused-ring (bicyclic) bond motifs is 1. The number of hydrogen-bond acceptors (Lipinski definition) is 5. The van der Waals surface area contributed by atoms with Gasteiger partial charge in [-0.15, -0.1) is 22.7 Å². The summed E-state index contributed by atoms with van der Waals surface area (Å²) < 4.78 is 2.10. The summed E-state index contributed by atoms with van der Waals surface area (Å²) in [7, 11) is 2.08. The fourth-order valence-corrected chi connectivity index (χ4v) is 3.88. The van der Waals surface area contributed by atoms with Crippen LogP contribution in [0.25, 0.3) is 16.3 Å². The van der Waals surface area contributed by atoms with Crippen LogP contribution >= 0.6 is 22.7 Å². The van der Waals surface area contributed by atoms with E-state index in [9.17, 15) is 0 Å². The van der Waals surface area contributed by atoms with E-state index in [1.54, 1.807) is 22.7 Å². The first-order valence-corrected chi connectivity index (χ1v) is 8.68. The highest BCUT2D eigenvalue weighted by Crippen LogP contribution is 2.30. The summed E-state index contributed by atoms with van der Waals surface area (Å²) in [5, 5.41) is 8.37. The van der Waals surface area contributed by atoms with Crippen molar-refractivity contribution in [2.45, 2.75) is 6.92 Å². The van der Waals surface area contributed by atoms with Crippen LogP contribution in [0.3, 0.4) is 0 Å². The molecule has 4 aromatic rings. The average Bonchev–Trinajstić information content (AvgIpc) is 3.17. The maximum Gasteiger partial charge on any atom is 0.194 e. The van der Waals surface area contributed by atoms with E-state index in [2.05, 4.69) is 52.2 Å². The second-order valence-corrected chi connectivity index (χ2v) is 6.86. The van der Waals surface area contributed by atoms with E-state index in [1.165, 1.54) is 5.46 Å². The predicted octanol–water partition coefficient (Wildman–Crippen LogP) is 2.83. The number of nitrogens with zero attached hydrogens (tertiary/aromatic N) is 3. The summed E-state index contributed by atoms with van der Waals surface area (Å²) in [6, 6.07) is 8.31. The molecule has 0 bridgehead atoms. The van der Waals surface area contributed by atoms with E-state index in [4.69, 9.17) is 4.98 Å². The van der Waals surface area contributed by atoms with Gasteiger partial charge in [0.25, 0.3) is 0 Å². The van der Waals surface area contributed by atoms with Gasteiger partial charge in [0.1, 0.15) is 13.5 Å². The molecule has 7 heteroatoms. The third-order valence-corrected chi connectivity index (χ3v) is 5.00. The van der Waals surface area contributed by atoms with Crippen molar-refractivity contribution < 1.29 is 0 Å². The van der Waals surface area contributed by atoms with E-state index in [0.717, 1.165) is 32.9 Å². The Morgan fingerprint density at radius 3 is 2.77 bits per heavy atom. The molecule has 3 heterocycles. The first-order chi connectivity index (χ1) is 10.7. The molecular formula is C15H13BN4S2. The highest BCUT2D eigenvalue weighted by molar-refractivity contribution is 7.15. The Bertz CT molecular complexity index is 936. The molecule has 0 saturated carbocycles. The molecule has 0 saturated heterocycles. The van der Waals surface area contributed by atoms with Crippen molar-refractivity contribution >= 4 is 51.8 Å². The van der Waals surface area contributed by atoms with Crippen molar-refractivity contribution in [2.75, 3.05) is 5.32 Å². The third kappa shape index (κ3) is 2.32. The molecule has 0 unspecified atom stereocenters. The van der Waals surface area contributed by atoms with Gasteiger partial charge in [-0.3, -0.25) is 4.40 Å². The molecule has 22 heavy (non-hydrogen) atoms. The Kier molecular flexibility index (Phi) is 3.24. The minimum atomic E-state index is 0.892. The van der Waals surface area contributed by atoms with Crippen LogP contribution in [-0.2, 0) is 0 Å². The van der Waals surface area contributed by atoms with Crippen LogP contribution < -0.4 is 10.8 Å². The maximum atomic E-state index is 4.71. The zero-order valence-electron chi connectivity index (χ0n) is 12.2. The second kappa shape index (κ2) is 5.26. The minimum absolute atomic E-state index is 0.892. The number of imidazole rings is 1. The van der Waals surface area contributed by atoms with Gasteiger partial charge in [-0.2, -0.15) is 0 Å². The Morgan fingerprint density at radius 2 is 1.95 bits per heavy atom. The van der Waals surface area contributed by atoms with Crippen molar-refractivity contribution in [1.82, 2.24) is 14.4 Å². The summed E-state index contributed by atoms with van der Waals surface area (Å²) in [4.78, 5) is 10.3. The first kappa shape index (κ1) is 13.5. The monoisotopic (exact) mass is 324 g/mol. The predicted molar refractivity (Wildman–Crippen MR) is 96.8 cm³/mol. The summed E-state index contributed by atoms with van der Waals surface area (Å²) in [6.45, 7) is 2.03. The van der Waals surface area contributed by atoms with E-state index < -0.39 is 0 Å². The molecular weight excluding hydrogens is 311 g/mol. The standard InChI is InChI=1S/C15H13BN4S2/c1-9-13(20-6-7-21-15(20)17-9)12-8-22-14(19-12)18-11-4-2-10(16)3-5-11/h2-8H,16H2,1H3,(H,18,19). The van der Waals surface area contributed by atoms with Gasteiger partial charge in [0.15, 0.2) is 10.1 Å². The molecule has 0 atom stereocenters. The number of rotatable bonds is 3. The van der Waals surface area contributed by atoms with Crippen molar-refractivity contribution in [1.29, 1.82) is 0 Å². The number of aromatic nitrogens is 3. The highest BCUT2D eigenvalue weighted by atomic mass is 32.1. The number of anilines is 2. The van der Waals surface area contributed by atoms with Crippen molar-refractivity contribution in [2.24, 2.45) is 0 Å². The lowest BCUT2D eigenvalue weighted by molar-refractivity contribution is 1.20. The van der Waals surface area contributed by atoms with Crippen LogP contribution in [0.15, 0.2) is 41.2 Å². The third-order valence-electron chi connectivity index (χ3n) is 3.49. The molecule has 4 rings (SSSR count). The Balaban J connectivity index is 1.67. The smallest absolute Gasteiger partial charge is 0.194 e. The maximum absolute atomic E-state index is 4.71. The lowest BCUT2D eigenvalue weighted by Gasteiger charge is -2.02. The highest BCUT2D eigenvalue weighted by Gasteiger charge is 2.14. The number of aryl methyl sites for hydroxylation is 1. The molecule has 0 spiro atoms. The molecule has 0 aliphatic heterocycles. The fourth-order valence-electron chi connectivity index (χ4n) is 2.40. The molecule has 0 amide bonds. The molecule has 108 valence electrons. The average molecular weight is 324 g/mol. The van der Waals surface area contributed by atoms with Gasteiger partial charge >= 0.3 is 0 Å². The van der Waals surface area contributed by atoms with Gasteiger partial charge in [-0.25, -0.2) is 9.97 Å². The number of benzene rings is 1. The van der Waals surface area contributed by atoms with E-state index in [0.29, 0.717) is 0 Å². The molecule has 0 radical (unpaired) electrons. The molecule has 1 N–H and O–H groups in total. The number of hydrogen-bond donors (Lipinski definition) is 1. The van der Waals surface area contributed by atoms with E-state index in [-0.39, 0.29) is 0 Å². The summed E-state index contributed by atoms with van der Waals surface area (Å²) in [6.07, 6.45) is 2.04. The van der Waals surface area contributed by atoms with E-state index >= 15 is 0 Å². The van der Waals surface area contributed by atoms with Gasteiger partial charge in [0.2, 0.25) is 0 Å². The summed E-state index contributed by atoms with van der Waals surface area (Å²) >= 11 is 3.25. The molecule has 0 aliphatic carbocycles. The minimum Gasteiger partial charge on any atom is -0.332 e. The summed E-state index contributed by atoms with van der Waals surface area (Å²) in [5.41, 5.74) is 5.35. The van der Waals surface area contributed by atoms with Gasteiger partial charge in [0.05, 0.1) is 11.4 Å². The number of thiazole rings is 2. The van der Waals surface area contributed by atoms with Gasteiger partial charge < -0.3 is 5.32 Å². The van der Waals surface area contributed by atoms with Crippen LogP contribution in [0.1, 0.15) is 5.69 Å². The Labute approximate surface area is 136 Å². The van der Waals surface area contributed by atoms with E-state index in [1.807, 2.05) is 18.5 Å². The van der Waals surface area contributed by atoms with Gasteiger partial charge in [-0.1, -0.05) is 17.6 Å². The molecule has 4 nitrogen and oxygen atoms in total. The quantitative estimate of drug-likeness (QED) is 0.589. The lowest BCUT2D eigenvalue weighted by atomic mass is 9.96. The van der Waals surface area contributed by atoms with Crippen LogP contribution in [0, 0.1) is 6.92 Å². The van der Waals surface area contributed by atoms with Gasteiger partial charge in [-0.05, 0) is 19.1 Å². The Morgan fingerprint density at radius 1 is 1.14 bits per heavy atom. The van der Waals surface area contributed by atoms with Gasteiger partial charge in [0, 0.05) is 22.6 Å². The zero-order chi connectivity index (χ0) is 15.1. The van der Waals surface area contributed by atoms with Crippen molar-refractivity contribution in [3.05, 3.63) is 46.9 Å². The first-order valence-electron chi connectivity index (χ1n) is 6.92. The topological polar surface area (TPSA) is 42.2 Å².